The number of rotatable bonds is 2. The molecule has 1 aromatic rings. The molecule has 0 saturated carbocycles. The van der Waals surface area contributed by atoms with E-state index in [0.717, 1.165) is 10.9 Å². The summed E-state index contributed by atoms with van der Waals surface area (Å²) in [6, 6.07) is 5.07. The number of nitrogens with zero attached hydrogens (tertiary/aromatic N) is 1. The van der Waals surface area contributed by atoms with Crippen LogP contribution < -0.4 is 0 Å². The van der Waals surface area contributed by atoms with E-state index in [1.807, 2.05) is 22.6 Å². The van der Waals surface area contributed by atoms with Crippen LogP contribution in [0, 0.1) is 13.7 Å². The standard InChI is InChI=1S/C7H5BrINO2/c8-4-5-1-2-7(10(11)12)6(9)3-5/h1-3H,4H2. The topological polar surface area (TPSA) is 43.1 Å². The number of hydrogen-bond acceptors (Lipinski definition) is 2. The highest BCUT2D eigenvalue weighted by molar-refractivity contribution is 14.1. The molecular formula is C7H5BrINO2. The number of halogens is 2. The molecule has 1 rings (SSSR count). The molecule has 64 valence electrons. The minimum atomic E-state index is -0.375. The summed E-state index contributed by atoms with van der Waals surface area (Å²) in [6.45, 7) is 0. The molecule has 1 aromatic carbocycles. The highest BCUT2D eigenvalue weighted by Gasteiger charge is 2.10. The van der Waals surface area contributed by atoms with E-state index in [-0.39, 0.29) is 10.6 Å². The van der Waals surface area contributed by atoms with Crippen molar-refractivity contribution < 1.29 is 4.92 Å². The number of benzene rings is 1. The van der Waals surface area contributed by atoms with Crippen LogP contribution in [-0.4, -0.2) is 4.92 Å². The summed E-state index contributed by atoms with van der Waals surface area (Å²) in [7, 11) is 0. The fourth-order valence-electron chi connectivity index (χ4n) is 0.782. The van der Waals surface area contributed by atoms with E-state index in [1.54, 1.807) is 12.1 Å². The largest absolute Gasteiger partial charge is 0.282 e. The molecule has 0 spiro atoms. The van der Waals surface area contributed by atoms with Gasteiger partial charge in [-0.3, -0.25) is 10.1 Å². The lowest BCUT2D eigenvalue weighted by Gasteiger charge is -1.97. The van der Waals surface area contributed by atoms with Gasteiger partial charge >= 0.3 is 0 Å². The zero-order valence-corrected chi connectivity index (χ0v) is 9.70. The van der Waals surface area contributed by atoms with Crippen LogP contribution in [-0.2, 0) is 5.33 Å². The first-order chi connectivity index (χ1) is 5.65. The summed E-state index contributed by atoms with van der Waals surface area (Å²) < 4.78 is 0.676. The highest BCUT2D eigenvalue weighted by Crippen LogP contribution is 2.22. The Balaban J connectivity index is 3.12. The molecular weight excluding hydrogens is 337 g/mol. The molecule has 0 aromatic heterocycles. The maximum atomic E-state index is 10.4. The van der Waals surface area contributed by atoms with E-state index in [9.17, 15) is 10.1 Å². The van der Waals surface area contributed by atoms with E-state index in [1.165, 1.54) is 6.07 Å². The number of nitro benzene ring substituents is 1. The average Bonchev–Trinajstić information content (AvgIpc) is 2.03. The monoisotopic (exact) mass is 341 g/mol. The molecule has 0 aliphatic rings. The zero-order chi connectivity index (χ0) is 9.14. The van der Waals surface area contributed by atoms with Gasteiger partial charge in [0.1, 0.15) is 0 Å². The zero-order valence-electron chi connectivity index (χ0n) is 5.96. The molecule has 5 heteroatoms. The summed E-state index contributed by atoms with van der Waals surface area (Å²) in [5, 5.41) is 11.1. The number of hydrogen-bond donors (Lipinski definition) is 0. The third-order valence-corrected chi connectivity index (χ3v) is 2.87. The minimum Gasteiger partial charge on any atom is -0.258 e. The minimum absolute atomic E-state index is 0.167. The maximum Gasteiger partial charge on any atom is 0.282 e. The van der Waals surface area contributed by atoms with Gasteiger partial charge < -0.3 is 0 Å². The molecule has 0 fully saturated rings. The molecule has 0 unspecified atom stereocenters. The van der Waals surface area contributed by atoms with Crippen LogP contribution in [0.3, 0.4) is 0 Å². The van der Waals surface area contributed by atoms with E-state index in [4.69, 9.17) is 0 Å². The SMILES string of the molecule is O=[N+]([O-])c1ccc(CBr)cc1I. The molecule has 0 saturated heterocycles. The normalized spacial score (nSPS) is 9.83. The van der Waals surface area contributed by atoms with Crippen molar-refractivity contribution in [2.45, 2.75) is 5.33 Å². The summed E-state index contributed by atoms with van der Waals surface area (Å²) in [5.74, 6) is 0. The summed E-state index contributed by atoms with van der Waals surface area (Å²) in [5.41, 5.74) is 1.21. The summed E-state index contributed by atoms with van der Waals surface area (Å²) in [4.78, 5) is 10.0. The first-order valence-corrected chi connectivity index (χ1v) is 5.34. The van der Waals surface area contributed by atoms with Gasteiger partial charge in [0, 0.05) is 11.4 Å². The van der Waals surface area contributed by atoms with E-state index in [0.29, 0.717) is 3.57 Å². The Morgan fingerprint density at radius 3 is 2.67 bits per heavy atom. The third-order valence-electron chi connectivity index (χ3n) is 1.36. The van der Waals surface area contributed by atoms with Gasteiger partial charge in [0.2, 0.25) is 0 Å². The predicted octanol–water partition coefficient (Wildman–Crippen LogP) is 3.09. The second-order valence-corrected chi connectivity index (χ2v) is 3.90. The fraction of sp³-hybridized carbons (Fsp3) is 0.143. The molecule has 0 atom stereocenters. The first-order valence-electron chi connectivity index (χ1n) is 3.14. The Labute approximate surface area is 91.6 Å². The first kappa shape index (κ1) is 9.91. The van der Waals surface area contributed by atoms with Crippen molar-refractivity contribution in [2.75, 3.05) is 0 Å². The van der Waals surface area contributed by atoms with Gasteiger partial charge in [-0.15, -0.1) is 0 Å². The molecule has 3 nitrogen and oxygen atoms in total. The van der Waals surface area contributed by atoms with E-state index in [2.05, 4.69) is 15.9 Å². The maximum absolute atomic E-state index is 10.4. The Morgan fingerprint density at radius 1 is 1.58 bits per heavy atom. The van der Waals surface area contributed by atoms with Crippen LogP contribution in [0.1, 0.15) is 5.56 Å². The van der Waals surface area contributed by atoms with Gasteiger partial charge in [0.15, 0.2) is 0 Å². The van der Waals surface area contributed by atoms with Crippen LogP contribution in [0.25, 0.3) is 0 Å². The van der Waals surface area contributed by atoms with Gasteiger partial charge in [-0.25, -0.2) is 0 Å². The van der Waals surface area contributed by atoms with Crippen molar-refractivity contribution in [2.24, 2.45) is 0 Å². The third kappa shape index (κ3) is 2.16. The van der Waals surface area contributed by atoms with Crippen molar-refractivity contribution in [3.8, 4) is 0 Å². The van der Waals surface area contributed by atoms with Crippen LogP contribution in [0.2, 0.25) is 0 Å². The Kier molecular flexibility index (Phi) is 3.45. The van der Waals surface area contributed by atoms with Crippen molar-refractivity contribution in [1.82, 2.24) is 0 Å². The number of nitro groups is 1. The Hall–Kier alpha value is -0.170. The van der Waals surface area contributed by atoms with Gasteiger partial charge in [-0.1, -0.05) is 22.0 Å². The van der Waals surface area contributed by atoms with E-state index >= 15 is 0 Å². The highest BCUT2D eigenvalue weighted by atomic mass is 127. The van der Waals surface area contributed by atoms with Gasteiger partial charge in [0.25, 0.3) is 5.69 Å². The van der Waals surface area contributed by atoms with E-state index < -0.39 is 0 Å². The van der Waals surface area contributed by atoms with Gasteiger partial charge in [0.05, 0.1) is 8.49 Å². The summed E-state index contributed by atoms with van der Waals surface area (Å²) >= 11 is 5.24. The smallest absolute Gasteiger partial charge is 0.258 e. The molecule has 0 amide bonds. The Morgan fingerprint density at radius 2 is 2.25 bits per heavy atom. The van der Waals surface area contributed by atoms with Gasteiger partial charge in [-0.2, -0.15) is 0 Å². The predicted molar refractivity (Wildman–Crippen MR) is 58.4 cm³/mol. The van der Waals surface area contributed by atoms with Crippen LogP contribution in [0.4, 0.5) is 5.69 Å². The Bertz CT molecular complexity index is 316. The lowest BCUT2D eigenvalue weighted by molar-refractivity contribution is -0.385. The summed E-state index contributed by atoms with van der Waals surface area (Å²) in [6.07, 6.45) is 0. The second-order valence-electron chi connectivity index (χ2n) is 2.18. The van der Waals surface area contributed by atoms with Crippen molar-refractivity contribution in [1.29, 1.82) is 0 Å². The molecule has 0 aliphatic heterocycles. The average molecular weight is 342 g/mol. The van der Waals surface area contributed by atoms with Crippen molar-refractivity contribution in [3.63, 3.8) is 0 Å². The molecule has 0 heterocycles. The number of alkyl halides is 1. The van der Waals surface area contributed by atoms with Crippen molar-refractivity contribution >= 4 is 44.2 Å². The van der Waals surface area contributed by atoms with Crippen LogP contribution >= 0.6 is 38.5 Å². The molecule has 0 aliphatic carbocycles. The molecule has 0 bridgehead atoms. The van der Waals surface area contributed by atoms with Crippen LogP contribution in [0.15, 0.2) is 18.2 Å². The quantitative estimate of drug-likeness (QED) is 0.359. The molecule has 0 N–H and O–H groups in total. The van der Waals surface area contributed by atoms with Crippen LogP contribution in [0.5, 0.6) is 0 Å². The lowest BCUT2D eigenvalue weighted by Crippen LogP contribution is -1.91. The molecule has 12 heavy (non-hydrogen) atoms. The lowest BCUT2D eigenvalue weighted by atomic mass is 10.2. The van der Waals surface area contributed by atoms with Gasteiger partial charge in [-0.05, 0) is 34.2 Å². The molecule has 0 radical (unpaired) electrons. The van der Waals surface area contributed by atoms with Crippen molar-refractivity contribution in [3.05, 3.63) is 37.4 Å². The fourth-order valence-corrected chi connectivity index (χ4v) is 1.91. The second kappa shape index (κ2) is 4.18.